The summed E-state index contributed by atoms with van der Waals surface area (Å²) in [6, 6.07) is 4.50. The molecule has 9 heteroatoms. The van der Waals surface area contributed by atoms with Gasteiger partial charge < -0.3 is 10.4 Å². The number of nitrogens with zero attached hydrogens (tertiary/aromatic N) is 2. The van der Waals surface area contributed by atoms with Gasteiger partial charge in [-0.2, -0.15) is 13.2 Å². The summed E-state index contributed by atoms with van der Waals surface area (Å²) in [4.78, 5) is 27.5. The second-order valence-corrected chi connectivity index (χ2v) is 9.09. The zero-order valence-electron chi connectivity index (χ0n) is 18.0. The third-order valence-corrected chi connectivity index (χ3v) is 6.57. The van der Waals surface area contributed by atoms with Crippen LogP contribution in [0.3, 0.4) is 0 Å². The predicted molar refractivity (Wildman–Crippen MR) is 109 cm³/mol. The zero-order valence-corrected chi connectivity index (χ0v) is 18.0. The predicted octanol–water partition coefficient (Wildman–Crippen LogP) is 3.67. The van der Waals surface area contributed by atoms with Crippen molar-refractivity contribution < 1.29 is 27.9 Å². The molecule has 0 unspecified atom stereocenters. The van der Waals surface area contributed by atoms with Crippen molar-refractivity contribution in [3.8, 4) is 0 Å². The molecular formula is C22H30F3N3O3. The molecule has 0 bridgehead atoms. The molecule has 4 atom stereocenters. The van der Waals surface area contributed by atoms with Gasteiger partial charge in [0.05, 0.1) is 5.56 Å². The molecule has 2 amide bonds. The summed E-state index contributed by atoms with van der Waals surface area (Å²) in [6.45, 7) is 5.83. The van der Waals surface area contributed by atoms with Crippen molar-refractivity contribution in [2.45, 2.75) is 51.5 Å². The molecular weight excluding hydrogens is 411 g/mol. The highest BCUT2D eigenvalue weighted by atomic mass is 19.4. The van der Waals surface area contributed by atoms with Crippen LogP contribution in [0.1, 0.15) is 37.8 Å². The highest BCUT2D eigenvalue weighted by Gasteiger charge is 2.44. The molecule has 1 heterocycles. The summed E-state index contributed by atoms with van der Waals surface area (Å²) in [5.74, 6) is 0.264. The van der Waals surface area contributed by atoms with E-state index in [0.717, 1.165) is 48.5 Å². The van der Waals surface area contributed by atoms with E-state index < -0.39 is 23.9 Å². The summed E-state index contributed by atoms with van der Waals surface area (Å²) in [5, 5.41) is 12.4. The maximum Gasteiger partial charge on any atom is 0.416 e. The summed E-state index contributed by atoms with van der Waals surface area (Å²) in [5.41, 5.74) is 0.180. The van der Waals surface area contributed by atoms with Crippen LogP contribution in [0.15, 0.2) is 24.3 Å². The van der Waals surface area contributed by atoms with E-state index in [2.05, 4.69) is 10.2 Å². The Morgan fingerprint density at radius 1 is 1.19 bits per heavy atom. The monoisotopic (exact) mass is 441 g/mol. The first-order valence-corrected chi connectivity index (χ1v) is 10.6. The molecule has 1 saturated heterocycles. The van der Waals surface area contributed by atoms with Gasteiger partial charge in [-0.1, -0.05) is 26.0 Å². The maximum atomic E-state index is 12.8. The number of carbonyl (C=O) groups excluding carboxylic acids is 1. The van der Waals surface area contributed by atoms with Crippen LogP contribution in [0.4, 0.5) is 18.0 Å². The van der Waals surface area contributed by atoms with Gasteiger partial charge in [0.1, 0.15) is 6.04 Å². The van der Waals surface area contributed by atoms with E-state index in [1.807, 2.05) is 13.8 Å². The molecule has 0 spiro atoms. The third-order valence-electron chi connectivity index (χ3n) is 6.57. The fraction of sp³-hybridized carbons (Fsp3) is 0.636. The normalized spacial score (nSPS) is 24.8. The van der Waals surface area contributed by atoms with E-state index in [4.69, 9.17) is 0 Å². The van der Waals surface area contributed by atoms with Crippen molar-refractivity contribution in [3.05, 3.63) is 35.4 Å². The number of carbonyl (C=O) groups is 2. The molecule has 1 saturated carbocycles. The topological polar surface area (TPSA) is 72.9 Å². The molecule has 1 aliphatic heterocycles. The van der Waals surface area contributed by atoms with Gasteiger partial charge in [0.25, 0.3) is 0 Å². The van der Waals surface area contributed by atoms with Crippen LogP contribution in [0.2, 0.25) is 0 Å². The number of rotatable bonds is 6. The van der Waals surface area contributed by atoms with Gasteiger partial charge in [-0.3, -0.25) is 14.6 Å². The lowest BCUT2D eigenvalue weighted by atomic mass is 9.96. The molecule has 2 aliphatic rings. The first-order valence-electron chi connectivity index (χ1n) is 10.6. The van der Waals surface area contributed by atoms with Gasteiger partial charge in [-0.15, -0.1) is 0 Å². The van der Waals surface area contributed by atoms with Gasteiger partial charge in [-0.05, 0) is 48.3 Å². The summed E-state index contributed by atoms with van der Waals surface area (Å²) < 4.78 is 38.2. The van der Waals surface area contributed by atoms with Crippen LogP contribution in [0, 0.1) is 17.8 Å². The summed E-state index contributed by atoms with van der Waals surface area (Å²) in [6.07, 6.45) is -3.64. The van der Waals surface area contributed by atoms with E-state index in [1.165, 1.54) is 19.2 Å². The number of likely N-dealkylation sites (N-methyl/N-ethyl adjacent to an activating group) is 1. The van der Waals surface area contributed by atoms with Crippen molar-refractivity contribution in [3.63, 3.8) is 0 Å². The van der Waals surface area contributed by atoms with Crippen molar-refractivity contribution in [2.75, 3.05) is 20.1 Å². The number of likely N-dealkylation sites (tertiary alicyclic amines) is 1. The number of hydrogen-bond acceptors (Lipinski definition) is 3. The number of benzene rings is 1. The van der Waals surface area contributed by atoms with E-state index >= 15 is 0 Å². The Labute approximate surface area is 180 Å². The summed E-state index contributed by atoms with van der Waals surface area (Å²) >= 11 is 0. The lowest BCUT2D eigenvalue weighted by molar-refractivity contribution is -0.137. The Hall–Kier alpha value is -2.29. The molecule has 31 heavy (non-hydrogen) atoms. The SMILES string of the molecule is CC(C)[C@@H](C(=O)N[C@@H]1CC[C@H]2CN(Cc3ccc(C(F)(F)F)cc3)C[C@H]21)N(C)C(=O)O. The highest BCUT2D eigenvalue weighted by Crippen LogP contribution is 2.39. The van der Waals surface area contributed by atoms with Gasteiger partial charge >= 0.3 is 12.3 Å². The minimum atomic E-state index is -4.34. The minimum absolute atomic E-state index is 0.0152. The number of alkyl halides is 3. The fourth-order valence-electron chi connectivity index (χ4n) is 5.04. The first-order chi connectivity index (χ1) is 14.5. The Bertz CT molecular complexity index is 797. The smallest absolute Gasteiger partial charge is 0.416 e. The highest BCUT2D eigenvalue weighted by molar-refractivity contribution is 5.85. The van der Waals surface area contributed by atoms with Crippen molar-refractivity contribution in [1.82, 2.24) is 15.1 Å². The maximum absolute atomic E-state index is 12.8. The Kier molecular flexibility index (Phi) is 6.83. The number of fused-ring (bicyclic) bond motifs is 1. The van der Waals surface area contributed by atoms with Gasteiger partial charge in [0.15, 0.2) is 0 Å². The molecule has 2 fully saturated rings. The molecule has 1 aromatic rings. The van der Waals surface area contributed by atoms with Crippen molar-refractivity contribution in [2.24, 2.45) is 17.8 Å². The summed E-state index contributed by atoms with van der Waals surface area (Å²) in [7, 11) is 1.41. The molecule has 2 N–H and O–H groups in total. The molecule has 1 aromatic carbocycles. The Morgan fingerprint density at radius 2 is 1.84 bits per heavy atom. The van der Waals surface area contributed by atoms with Crippen LogP contribution in [0.5, 0.6) is 0 Å². The Balaban J connectivity index is 1.59. The number of halogens is 3. The van der Waals surface area contributed by atoms with Crippen LogP contribution in [-0.2, 0) is 17.5 Å². The average molecular weight is 441 g/mol. The van der Waals surface area contributed by atoms with Crippen molar-refractivity contribution >= 4 is 12.0 Å². The Morgan fingerprint density at radius 3 is 2.39 bits per heavy atom. The number of carboxylic acid groups (broad SMARTS) is 1. The molecule has 172 valence electrons. The quantitative estimate of drug-likeness (QED) is 0.707. The first kappa shape index (κ1) is 23.4. The van der Waals surface area contributed by atoms with Gasteiger partial charge in [0.2, 0.25) is 5.91 Å². The van der Waals surface area contributed by atoms with Crippen LogP contribution >= 0.6 is 0 Å². The molecule has 0 aromatic heterocycles. The third kappa shape index (κ3) is 5.31. The van der Waals surface area contributed by atoms with Gasteiger partial charge in [-0.25, -0.2) is 4.79 Å². The zero-order chi connectivity index (χ0) is 22.9. The van der Waals surface area contributed by atoms with Crippen LogP contribution < -0.4 is 5.32 Å². The molecule has 6 nitrogen and oxygen atoms in total. The van der Waals surface area contributed by atoms with Crippen LogP contribution in [-0.4, -0.2) is 59.1 Å². The average Bonchev–Trinajstić information content (AvgIpc) is 3.22. The van der Waals surface area contributed by atoms with E-state index in [-0.39, 0.29) is 23.8 Å². The van der Waals surface area contributed by atoms with E-state index in [0.29, 0.717) is 12.5 Å². The largest absolute Gasteiger partial charge is 0.465 e. The minimum Gasteiger partial charge on any atom is -0.465 e. The van der Waals surface area contributed by atoms with E-state index in [1.54, 1.807) is 0 Å². The molecule has 3 rings (SSSR count). The lowest BCUT2D eigenvalue weighted by Crippen LogP contribution is -2.53. The number of nitrogens with one attached hydrogen (secondary N) is 1. The fourth-order valence-corrected chi connectivity index (χ4v) is 5.04. The second kappa shape index (κ2) is 9.06. The second-order valence-electron chi connectivity index (χ2n) is 9.09. The van der Waals surface area contributed by atoms with E-state index in [9.17, 15) is 27.9 Å². The molecule has 1 aliphatic carbocycles. The van der Waals surface area contributed by atoms with Crippen molar-refractivity contribution in [1.29, 1.82) is 0 Å². The molecule has 0 radical (unpaired) electrons. The van der Waals surface area contributed by atoms with Crippen LogP contribution in [0.25, 0.3) is 0 Å². The van der Waals surface area contributed by atoms with Gasteiger partial charge in [0, 0.05) is 32.7 Å². The lowest BCUT2D eigenvalue weighted by Gasteiger charge is -2.30. The standard InChI is InChI=1S/C22H30F3N3O3/c1-13(2)19(27(3)21(30)31)20(29)26-18-9-6-15-11-28(12-17(15)18)10-14-4-7-16(8-5-14)22(23,24)25/h4-5,7-8,13,15,17-19H,6,9-12H2,1-3H3,(H,26,29)(H,30,31)/t15-,17+,18+,19-/m0/s1. The number of amides is 2. The number of hydrogen-bond donors (Lipinski definition) is 2.